The Bertz CT molecular complexity index is 1130. The molecule has 3 aromatic carbocycles. The number of benzene rings is 3. The molecule has 0 fully saturated rings. The van der Waals surface area contributed by atoms with Gasteiger partial charge in [0.25, 0.3) is 0 Å². The van der Waals surface area contributed by atoms with Crippen molar-refractivity contribution in [3.63, 3.8) is 0 Å². The molecular formula is C26H18N4. The maximum absolute atomic E-state index is 4.09. The van der Waals surface area contributed by atoms with Gasteiger partial charge in [0.2, 0.25) is 0 Å². The molecule has 30 heavy (non-hydrogen) atoms. The molecule has 4 heteroatoms. The van der Waals surface area contributed by atoms with E-state index in [0.717, 1.165) is 22.3 Å². The Morgan fingerprint density at radius 1 is 0.267 bits per heavy atom. The summed E-state index contributed by atoms with van der Waals surface area (Å²) in [5.74, 6) is 0. The van der Waals surface area contributed by atoms with E-state index in [9.17, 15) is 0 Å². The van der Waals surface area contributed by atoms with Gasteiger partial charge in [-0.15, -0.1) is 0 Å². The van der Waals surface area contributed by atoms with Crippen LogP contribution in [0.15, 0.2) is 110 Å². The lowest BCUT2D eigenvalue weighted by atomic mass is 9.98. The van der Waals surface area contributed by atoms with E-state index in [4.69, 9.17) is 0 Å². The van der Waals surface area contributed by atoms with Crippen LogP contribution >= 0.6 is 0 Å². The molecule has 0 unspecified atom stereocenters. The van der Waals surface area contributed by atoms with E-state index in [1.165, 1.54) is 22.3 Å². The van der Waals surface area contributed by atoms with Gasteiger partial charge in [0, 0.05) is 35.9 Å². The van der Waals surface area contributed by atoms with Crippen LogP contribution in [0.25, 0.3) is 44.5 Å². The summed E-state index contributed by atoms with van der Waals surface area (Å²) in [7, 11) is 0. The van der Waals surface area contributed by atoms with Gasteiger partial charge in [-0.3, -0.25) is 0 Å². The third-order valence-corrected chi connectivity index (χ3v) is 5.11. The van der Waals surface area contributed by atoms with Crippen LogP contribution < -0.4 is 0 Å². The van der Waals surface area contributed by atoms with E-state index in [1.807, 2.05) is 24.8 Å². The third kappa shape index (κ3) is 3.71. The van der Waals surface area contributed by atoms with Crippen LogP contribution in [-0.2, 0) is 0 Å². The molecule has 0 saturated carbocycles. The average Bonchev–Trinajstić information content (AvgIpc) is 2.85. The topological polar surface area (TPSA) is 51.6 Å². The Morgan fingerprint density at radius 2 is 0.467 bits per heavy atom. The van der Waals surface area contributed by atoms with Crippen molar-refractivity contribution in [2.75, 3.05) is 0 Å². The molecule has 0 aliphatic carbocycles. The summed E-state index contributed by atoms with van der Waals surface area (Å²) < 4.78 is 0. The predicted molar refractivity (Wildman–Crippen MR) is 119 cm³/mol. The molecule has 2 heterocycles. The quantitative estimate of drug-likeness (QED) is 0.384. The summed E-state index contributed by atoms with van der Waals surface area (Å²) in [6.07, 6.45) is 10.4. The van der Waals surface area contributed by atoms with Crippen molar-refractivity contribution < 1.29 is 0 Å². The van der Waals surface area contributed by atoms with Crippen LogP contribution in [0.1, 0.15) is 0 Å². The number of hydrogen-bond acceptors (Lipinski definition) is 4. The fraction of sp³-hybridized carbons (Fsp3) is 0. The van der Waals surface area contributed by atoms with E-state index in [0.29, 0.717) is 0 Å². The van der Waals surface area contributed by atoms with Crippen LogP contribution in [-0.4, -0.2) is 19.9 Å². The molecule has 0 aliphatic heterocycles. The Balaban J connectivity index is 1.35. The summed E-state index contributed by atoms with van der Waals surface area (Å²) in [5.41, 5.74) is 9.00. The molecule has 0 N–H and O–H groups in total. The zero-order valence-corrected chi connectivity index (χ0v) is 16.2. The van der Waals surface area contributed by atoms with Crippen LogP contribution in [0.3, 0.4) is 0 Å². The van der Waals surface area contributed by atoms with Crippen molar-refractivity contribution in [3.8, 4) is 44.5 Å². The summed E-state index contributed by atoms with van der Waals surface area (Å²) in [6.45, 7) is 0. The fourth-order valence-electron chi connectivity index (χ4n) is 3.46. The number of nitrogens with zero attached hydrogens (tertiary/aromatic N) is 4. The highest BCUT2D eigenvalue weighted by molar-refractivity contribution is 5.74. The van der Waals surface area contributed by atoms with Crippen molar-refractivity contribution in [3.05, 3.63) is 110 Å². The Morgan fingerprint density at radius 3 is 0.700 bits per heavy atom. The van der Waals surface area contributed by atoms with E-state index in [2.05, 4.69) is 92.7 Å². The first-order valence-corrected chi connectivity index (χ1v) is 9.68. The van der Waals surface area contributed by atoms with Crippen molar-refractivity contribution in [2.45, 2.75) is 0 Å². The van der Waals surface area contributed by atoms with Crippen molar-refractivity contribution >= 4 is 0 Å². The fourth-order valence-corrected chi connectivity index (χ4v) is 3.46. The summed E-state index contributed by atoms with van der Waals surface area (Å²) in [5, 5.41) is 0. The van der Waals surface area contributed by atoms with E-state index >= 15 is 0 Å². The van der Waals surface area contributed by atoms with Crippen LogP contribution in [0, 0.1) is 0 Å². The van der Waals surface area contributed by atoms with Crippen LogP contribution in [0.2, 0.25) is 0 Å². The lowest BCUT2D eigenvalue weighted by Crippen LogP contribution is -1.84. The molecule has 0 amide bonds. The summed E-state index contributed by atoms with van der Waals surface area (Å²) in [6, 6.07) is 25.6. The molecule has 0 radical (unpaired) electrons. The SMILES string of the molecule is c1ncc(-c2ccc(-c3ccc(-c4ccc(-c5cncnc5)cc4)cc3)cc2)cn1. The Hall–Kier alpha value is -4.18. The standard InChI is InChI=1S/C26H18N4/c1-2-20(22-7-11-24(12-8-22)26-15-29-18-30-16-26)4-3-19(1)21-5-9-23(10-6-21)25-13-27-17-28-14-25/h1-18H. The Kier molecular flexibility index (Phi) is 4.80. The predicted octanol–water partition coefficient (Wildman–Crippen LogP) is 5.93. The van der Waals surface area contributed by atoms with Crippen molar-refractivity contribution in [2.24, 2.45) is 0 Å². The van der Waals surface area contributed by atoms with E-state index in [1.54, 1.807) is 12.7 Å². The first kappa shape index (κ1) is 17.9. The second-order valence-electron chi connectivity index (χ2n) is 6.99. The van der Waals surface area contributed by atoms with Gasteiger partial charge >= 0.3 is 0 Å². The molecule has 0 saturated heterocycles. The number of aromatic nitrogens is 4. The van der Waals surface area contributed by atoms with Gasteiger partial charge in [0.1, 0.15) is 12.7 Å². The van der Waals surface area contributed by atoms with Gasteiger partial charge in [-0.1, -0.05) is 72.8 Å². The van der Waals surface area contributed by atoms with Gasteiger partial charge in [-0.25, -0.2) is 19.9 Å². The second-order valence-corrected chi connectivity index (χ2v) is 6.99. The molecule has 142 valence electrons. The highest BCUT2D eigenvalue weighted by Crippen LogP contribution is 2.28. The maximum Gasteiger partial charge on any atom is 0.115 e. The van der Waals surface area contributed by atoms with Crippen molar-refractivity contribution in [1.29, 1.82) is 0 Å². The number of hydrogen-bond donors (Lipinski definition) is 0. The minimum atomic E-state index is 1.02. The highest BCUT2D eigenvalue weighted by atomic mass is 14.8. The molecule has 0 spiro atoms. The molecule has 0 atom stereocenters. The normalized spacial score (nSPS) is 10.7. The van der Waals surface area contributed by atoms with Crippen molar-refractivity contribution in [1.82, 2.24) is 19.9 Å². The maximum atomic E-state index is 4.09. The third-order valence-electron chi connectivity index (χ3n) is 5.11. The molecule has 5 aromatic rings. The van der Waals surface area contributed by atoms with Crippen LogP contribution in [0.5, 0.6) is 0 Å². The Labute approximate surface area is 175 Å². The minimum Gasteiger partial charge on any atom is -0.244 e. The second kappa shape index (κ2) is 8.05. The van der Waals surface area contributed by atoms with Crippen LogP contribution in [0.4, 0.5) is 0 Å². The molecule has 0 aliphatic rings. The zero-order chi connectivity index (χ0) is 20.2. The summed E-state index contributed by atoms with van der Waals surface area (Å²) in [4.78, 5) is 16.3. The largest absolute Gasteiger partial charge is 0.244 e. The monoisotopic (exact) mass is 386 g/mol. The first-order valence-electron chi connectivity index (χ1n) is 9.68. The van der Waals surface area contributed by atoms with Gasteiger partial charge in [0.05, 0.1) is 0 Å². The molecule has 0 bridgehead atoms. The highest BCUT2D eigenvalue weighted by Gasteiger charge is 2.04. The number of rotatable bonds is 4. The molecule has 5 rings (SSSR count). The first-order chi connectivity index (χ1) is 14.9. The molecule has 2 aromatic heterocycles. The van der Waals surface area contributed by atoms with Gasteiger partial charge in [-0.2, -0.15) is 0 Å². The minimum absolute atomic E-state index is 1.02. The average molecular weight is 386 g/mol. The van der Waals surface area contributed by atoms with E-state index < -0.39 is 0 Å². The van der Waals surface area contributed by atoms with Gasteiger partial charge in [0.15, 0.2) is 0 Å². The molecule has 4 nitrogen and oxygen atoms in total. The van der Waals surface area contributed by atoms with Gasteiger partial charge < -0.3 is 0 Å². The smallest absolute Gasteiger partial charge is 0.115 e. The van der Waals surface area contributed by atoms with Gasteiger partial charge in [-0.05, 0) is 33.4 Å². The molecular weight excluding hydrogens is 368 g/mol. The lowest BCUT2D eigenvalue weighted by Gasteiger charge is -2.07. The zero-order valence-electron chi connectivity index (χ0n) is 16.2. The summed E-state index contributed by atoms with van der Waals surface area (Å²) >= 11 is 0. The van der Waals surface area contributed by atoms with E-state index in [-0.39, 0.29) is 0 Å². The lowest BCUT2D eigenvalue weighted by molar-refractivity contribution is 1.17.